The summed E-state index contributed by atoms with van der Waals surface area (Å²) in [4.78, 5) is 12.3. The van der Waals surface area contributed by atoms with E-state index in [0.29, 0.717) is 11.1 Å². The van der Waals surface area contributed by atoms with Crippen LogP contribution in [0.5, 0.6) is 0 Å². The Labute approximate surface area is 175 Å². The van der Waals surface area contributed by atoms with Crippen LogP contribution in [-0.2, 0) is 22.7 Å². The fourth-order valence-electron chi connectivity index (χ4n) is 2.48. The molecule has 2 aromatic carbocycles. The largest absolute Gasteiger partial charge is 0.416 e. The quantitative estimate of drug-likeness (QED) is 0.614. The van der Waals surface area contributed by atoms with Crippen LogP contribution in [-0.4, -0.2) is 42.9 Å². The standard InChI is InChI=1S/C19H17F3N4O4S/c1-26(2)31(28,29)15-9-5-13(6-10-15)17-24-25-18(30-17)16(27)23-11-12-3-7-14(8-4-12)19(20,21)22/h3-10H,11H2,1-2H3,(H,23,27). The maximum absolute atomic E-state index is 12.6. The second-order valence-corrected chi connectivity index (χ2v) is 8.75. The van der Waals surface area contributed by atoms with Crippen LogP contribution in [0.25, 0.3) is 11.5 Å². The molecule has 0 bridgehead atoms. The molecule has 0 saturated heterocycles. The number of nitrogens with one attached hydrogen (secondary N) is 1. The lowest BCUT2D eigenvalue weighted by Crippen LogP contribution is -2.23. The number of benzene rings is 2. The van der Waals surface area contributed by atoms with Gasteiger partial charge in [-0.05, 0) is 42.0 Å². The van der Waals surface area contributed by atoms with Gasteiger partial charge >= 0.3 is 18.0 Å². The zero-order chi connectivity index (χ0) is 22.8. The van der Waals surface area contributed by atoms with Gasteiger partial charge in [-0.25, -0.2) is 12.7 Å². The maximum atomic E-state index is 12.6. The number of sulfonamides is 1. The summed E-state index contributed by atoms with van der Waals surface area (Å²) < 4.78 is 68.3. The van der Waals surface area contributed by atoms with Crippen molar-refractivity contribution >= 4 is 15.9 Å². The minimum absolute atomic E-state index is 0.00785. The van der Waals surface area contributed by atoms with Gasteiger partial charge in [0, 0.05) is 26.2 Å². The number of aromatic nitrogens is 2. The Hall–Kier alpha value is -3.25. The van der Waals surface area contributed by atoms with Crippen LogP contribution < -0.4 is 5.32 Å². The molecule has 12 heteroatoms. The van der Waals surface area contributed by atoms with E-state index in [-0.39, 0.29) is 23.2 Å². The molecule has 1 N–H and O–H groups in total. The van der Waals surface area contributed by atoms with E-state index in [1.807, 2.05) is 0 Å². The molecule has 0 fully saturated rings. The normalized spacial score (nSPS) is 12.2. The van der Waals surface area contributed by atoms with E-state index >= 15 is 0 Å². The molecule has 164 valence electrons. The summed E-state index contributed by atoms with van der Waals surface area (Å²) in [7, 11) is -0.762. The van der Waals surface area contributed by atoms with Crippen LogP contribution in [0.2, 0.25) is 0 Å². The number of nitrogens with zero attached hydrogens (tertiary/aromatic N) is 3. The lowest BCUT2D eigenvalue weighted by molar-refractivity contribution is -0.137. The van der Waals surface area contributed by atoms with E-state index in [1.54, 1.807) is 0 Å². The zero-order valence-corrected chi connectivity index (χ0v) is 17.2. The summed E-state index contributed by atoms with van der Waals surface area (Å²) in [5.41, 5.74) is 0.0827. The van der Waals surface area contributed by atoms with Crippen molar-refractivity contribution in [3.8, 4) is 11.5 Å². The van der Waals surface area contributed by atoms with Crippen LogP contribution in [0, 0.1) is 0 Å². The molecule has 1 amide bonds. The molecular formula is C19H17F3N4O4S. The Morgan fingerprint density at radius 3 is 2.19 bits per heavy atom. The number of alkyl halides is 3. The molecule has 0 radical (unpaired) electrons. The number of hydrogen-bond acceptors (Lipinski definition) is 6. The Balaban J connectivity index is 1.66. The minimum Gasteiger partial charge on any atom is -0.412 e. The highest BCUT2D eigenvalue weighted by molar-refractivity contribution is 7.89. The summed E-state index contributed by atoms with van der Waals surface area (Å²) >= 11 is 0. The first kappa shape index (κ1) is 22.4. The summed E-state index contributed by atoms with van der Waals surface area (Å²) in [5.74, 6) is -1.04. The highest BCUT2D eigenvalue weighted by atomic mass is 32.2. The predicted molar refractivity (Wildman–Crippen MR) is 103 cm³/mol. The lowest BCUT2D eigenvalue weighted by Gasteiger charge is -2.11. The zero-order valence-electron chi connectivity index (χ0n) is 16.3. The molecule has 0 spiro atoms. The number of hydrogen-bond donors (Lipinski definition) is 1. The molecule has 0 unspecified atom stereocenters. The van der Waals surface area contributed by atoms with Crippen molar-refractivity contribution in [2.45, 2.75) is 17.6 Å². The van der Waals surface area contributed by atoms with Crippen molar-refractivity contribution < 1.29 is 30.8 Å². The van der Waals surface area contributed by atoms with Gasteiger partial charge in [-0.15, -0.1) is 10.2 Å². The summed E-state index contributed by atoms with van der Waals surface area (Å²) in [6, 6.07) is 10.0. The monoisotopic (exact) mass is 454 g/mol. The van der Waals surface area contributed by atoms with Gasteiger partial charge in [-0.3, -0.25) is 4.79 Å². The predicted octanol–water partition coefficient (Wildman–Crippen LogP) is 2.94. The number of amides is 1. The second-order valence-electron chi connectivity index (χ2n) is 6.60. The first-order valence-corrected chi connectivity index (χ1v) is 10.2. The molecule has 0 aliphatic carbocycles. The summed E-state index contributed by atoms with van der Waals surface area (Å²) in [6.07, 6.45) is -4.43. The molecule has 0 aliphatic heterocycles. The number of carbonyl (C=O) groups excluding carboxylic acids is 1. The molecule has 0 atom stereocenters. The molecule has 1 aromatic heterocycles. The smallest absolute Gasteiger partial charge is 0.412 e. The van der Waals surface area contributed by atoms with Crippen LogP contribution in [0.3, 0.4) is 0 Å². The molecule has 31 heavy (non-hydrogen) atoms. The van der Waals surface area contributed by atoms with Gasteiger partial charge in [0.2, 0.25) is 15.9 Å². The number of rotatable bonds is 6. The van der Waals surface area contributed by atoms with E-state index < -0.39 is 27.7 Å². The van der Waals surface area contributed by atoms with Crippen molar-refractivity contribution in [2.75, 3.05) is 14.1 Å². The molecule has 3 aromatic rings. The van der Waals surface area contributed by atoms with E-state index in [1.165, 1.54) is 50.5 Å². The molecule has 0 aliphatic rings. The third-order valence-electron chi connectivity index (χ3n) is 4.23. The summed E-state index contributed by atoms with van der Waals surface area (Å²) in [6.45, 7) is -0.0359. The SMILES string of the molecule is CN(C)S(=O)(=O)c1ccc(-c2nnc(C(=O)NCc3ccc(C(F)(F)F)cc3)o2)cc1. The highest BCUT2D eigenvalue weighted by Gasteiger charge is 2.30. The van der Waals surface area contributed by atoms with Gasteiger partial charge < -0.3 is 9.73 Å². The van der Waals surface area contributed by atoms with Crippen molar-refractivity contribution in [3.63, 3.8) is 0 Å². The van der Waals surface area contributed by atoms with Crippen LogP contribution in [0.4, 0.5) is 13.2 Å². The average Bonchev–Trinajstić information content (AvgIpc) is 3.22. The summed E-state index contributed by atoms with van der Waals surface area (Å²) in [5, 5.41) is 9.89. The molecular weight excluding hydrogens is 437 g/mol. The molecule has 0 saturated carbocycles. The van der Waals surface area contributed by atoms with E-state index in [9.17, 15) is 26.4 Å². The van der Waals surface area contributed by atoms with Crippen molar-refractivity contribution in [3.05, 3.63) is 65.5 Å². The second kappa shape index (κ2) is 8.47. The van der Waals surface area contributed by atoms with E-state index in [2.05, 4.69) is 15.5 Å². The molecule has 3 rings (SSSR count). The van der Waals surface area contributed by atoms with Gasteiger partial charge in [-0.2, -0.15) is 13.2 Å². The highest BCUT2D eigenvalue weighted by Crippen LogP contribution is 2.29. The first-order valence-electron chi connectivity index (χ1n) is 8.79. The van der Waals surface area contributed by atoms with Crippen molar-refractivity contribution in [1.82, 2.24) is 19.8 Å². The van der Waals surface area contributed by atoms with Gasteiger partial charge in [0.1, 0.15) is 0 Å². The Morgan fingerprint density at radius 2 is 1.65 bits per heavy atom. The fourth-order valence-corrected chi connectivity index (χ4v) is 3.38. The van der Waals surface area contributed by atoms with Crippen LogP contribution >= 0.6 is 0 Å². The van der Waals surface area contributed by atoms with Crippen molar-refractivity contribution in [2.24, 2.45) is 0 Å². The van der Waals surface area contributed by atoms with Crippen LogP contribution in [0.1, 0.15) is 21.8 Å². The van der Waals surface area contributed by atoms with E-state index in [0.717, 1.165) is 16.4 Å². The Morgan fingerprint density at radius 1 is 1.03 bits per heavy atom. The van der Waals surface area contributed by atoms with Gasteiger partial charge in [0.15, 0.2) is 0 Å². The lowest BCUT2D eigenvalue weighted by atomic mass is 10.1. The first-order chi connectivity index (χ1) is 14.5. The average molecular weight is 454 g/mol. The number of carbonyl (C=O) groups is 1. The number of halogens is 3. The third-order valence-corrected chi connectivity index (χ3v) is 6.06. The third kappa shape index (κ3) is 5.09. The van der Waals surface area contributed by atoms with Gasteiger partial charge in [0.25, 0.3) is 0 Å². The van der Waals surface area contributed by atoms with E-state index in [4.69, 9.17) is 4.42 Å². The minimum atomic E-state index is -4.43. The Bertz CT molecular complexity index is 1170. The van der Waals surface area contributed by atoms with Gasteiger partial charge in [-0.1, -0.05) is 12.1 Å². The maximum Gasteiger partial charge on any atom is 0.416 e. The Kier molecular flexibility index (Phi) is 6.13. The van der Waals surface area contributed by atoms with Crippen molar-refractivity contribution in [1.29, 1.82) is 0 Å². The van der Waals surface area contributed by atoms with Crippen LogP contribution in [0.15, 0.2) is 57.8 Å². The molecule has 1 heterocycles. The molecule has 8 nitrogen and oxygen atoms in total. The topological polar surface area (TPSA) is 105 Å². The fraction of sp³-hybridized carbons (Fsp3) is 0.211. The van der Waals surface area contributed by atoms with Gasteiger partial charge in [0.05, 0.1) is 10.5 Å².